The maximum atomic E-state index is 11.9. The highest BCUT2D eigenvalue weighted by Crippen LogP contribution is 2.46. The molecule has 6 heteroatoms. The Balaban J connectivity index is 1.32. The van der Waals surface area contributed by atoms with Crippen molar-refractivity contribution in [1.29, 1.82) is 0 Å². The number of likely N-dealkylation sites (tertiary alicyclic amines) is 1. The summed E-state index contributed by atoms with van der Waals surface area (Å²) in [5, 5.41) is 0. The molecular formula is C33H34N2O4. The van der Waals surface area contributed by atoms with Gasteiger partial charge in [-0.1, -0.05) is 72.8 Å². The number of hydrogen-bond donors (Lipinski definition) is 0. The fraction of sp³-hybridized carbons (Fsp3) is 0.333. The number of nitrogens with zero attached hydrogens (tertiary/aromatic N) is 2. The minimum atomic E-state index is -0.339. The smallest absolute Gasteiger partial charge is 0.344 e. The lowest BCUT2D eigenvalue weighted by Gasteiger charge is -2.36. The largest absolute Gasteiger partial charge is 0.482 e. The van der Waals surface area contributed by atoms with Crippen LogP contribution in [0.5, 0.6) is 5.75 Å². The molecule has 1 aromatic heterocycles. The van der Waals surface area contributed by atoms with E-state index < -0.39 is 0 Å². The third-order valence-electron chi connectivity index (χ3n) is 7.79. The summed E-state index contributed by atoms with van der Waals surface area (Å²) in [6.07, 6.45) is 5.19. The van der Waals surface area contributed by atoms with Gasteiger partial charge in [-0.3, -0.25) is 4.90 Å². The fourth-order valence-corrected chi connectivity index (χ4v) is 6.09. The zero-order chi connectivity index (χ0) is 26.6. The van der Waals surface area contributed by atoms with E-state index in [2.05, 4.69) is 35.2 Å². The zero-order valence-electron chi connectivity index (χ0n) is 22.3. The second kappa shape index (κ2) is 11.5. The van der Waals surface area contributed by atoms with Gasteiger partial charge in [0.05, 0.1) is 12.6 Å². The Labute approximate surface area is 229 Å². The predicted molar refractivity (Wildman–Crippen MR) is 150 cm³/mol. The molecule has 0 amide bonds. The lowest BCUT2D eigenvalue weighted by Crippen LogP contribution is -2.31. The molecule has 4 aromatic rings. The summed E-state index contributed by atoms with van der Waals surface area (Å²) in [5.41, 5.74) is 5.47. The van der Waals surface area contributed by atoms with Gasteiger partial charge in [0.1, 0.15) is 11.4 Å². The monoisotopic (exact) mass is 522 g/mol. The van der Waals surface area contributed by atoms with Gasteiger partial charge < -0.3 is 13.9 Å². The van der Waals surface area contributed by atoms with Gasteiger partial charge >= 0.3 is 5.97 Å². The van der Waals surface area contributed by atoms with Gasteiger partial charge in [0.2, 0.25) is 5.89 Å². The molecule has 1 aliphatic heterocycles. The van der Waals surface area contributed by atoms with Crippen LogP contribution >= 0.6 is 0 Å². The maximum absolute atomic E-state index is 11.9. The molecule has 6 rings (SSSR count). The Morgan fingerprint density at radius 3 is 2.44 bits per heavy atom. The summed E-state index contributed by atoms with van der Waals surface area (Å²) < 4.78 is 17.6. The number of rotatable bonds is 8. The van der Waals surface area contributed by atoms with Gasteiger partial charge in [0, 0.05) is 17.2 Å². The van der Waals surface area contributed by atoms with Crippen molar-refractivity contribution in [2.24, 2.45) is 0 Å². The summed E-state index contributed by atoms with van der Waals surface area (Å²) in [4.78, 5) is 19.6. The number of fused-ring (bicyclic) bond motifs is 1. The molecule has 2 heterocycles. The van der Waals surface area contributed by atoms with Crippen LogP contribution in [0, 0.1) is 0 Å². The molecule has 200 valence electrons. The van der Waals surface area contributed by atoms with Crippen LogP contribution in [-0.4, -0.2) is 35.6 Å². The van der Waals surface area contributed by atoms with Crippen LogP contribution in [0.25, 0.3) is 22.6 Å². The van der Waals surface area contributed by atoms with Gasteiger partial charge in [-0.25, -0.2) is 9.78 Å². The summed E-state index contributed by atoms with van der Waals surface area (Å²) >= 11 is 0. The number of carbonyl (C=O) groups is 1. The van der Waals surface area contributed by atoms with Gasteiger partial charge in [0.25, 0.3) is 0 Å². The quantitative estimate of drug-likeness (QED) is 0.229. The molecule has 6 nitrogen and oxygen atoms in total. The SMILES string of the molecule is CCOC(=O)COc1cccc2c1CCC[C@H]2N1CCC[C@H]1c1nc(-c2ccccc2)c(-c2ccccc2)o1. The van der Waals surface area contributed by atoms with Crippen molar-refractivity contribution in [2.75, 3.05) is 19.8 Å². The summed E-state index contributed by atoms with van der Waals surface area (Å²) in [5.74, 6) is 2.05. The molecule has 2 atom stereocenters. The first-order chi connectivity index (χ1) is 19.2. The molecular weight excluding hydrogens is 488 g/mol. The van der Waals surface area contributed by atoms with Crippen molar-refractivity contribution >= 4 is 5.97 Å². The molecule has 1 saturated heterocycles. The topological polar surface area (TPSA) is 64.8 Å². The molecule has 0 unspecified atom stereocenters. The van der Waals surface area contributed by atoms with Crippen LogP contribution in [-0.2, 0) is 16.0 Å². The Bertz CT molecular complexity index is 1360. The molecule has 2 aliphatic rings. The summed E-state index contributed by atoms with van der Waals surface area (Å²) in [6.45, 7) is 3.08. The minimum absolute atomic E-state index is 0.0673. The van der Waals surface area contributed by atoms with Crippen molar-refractivity contribution in [3.05, 3.63) is 95.9 Å². The summed E-state index contributed by atoms with van der Waals surface area (Å²) in [7, 11) is 0. The van der Waals surface area contributed by atoms with Crippen LogP contribution in [0.15, 0.2) is 83.3 Å². The second-order valence-corrected chi connectivity index (χ2v) is 10.2. The van der Waals surface area contributed by atoms with Gasteiger partial charge in [-0.15, -0.1) is 0 Å². The number of aromatic nitrogens is 1. The fourth-order valence-electron chi connectivity index (χ4n) is 6.09. The molecule has 39 heavy (non-hydrogen) atoms. The Morgan fingerprint density at radius 1 is 0.923 bits per heavy atom. The predicted octanol–water partition coefficient (Wildman–Crippen LogP) is 7.17. The van der Waals surface area contributed by atoms with E-state index in [0.717, 1.165) is 72.9 Å². The number of benzene rings is 3. The van der Waals surface area contributed by atoms with Gasteiger partial charge in [-0.2, -0.15) is 0 Å². The maximum Gasteiger partial charge on any atom is 0.344 e. The van der Waals surface area contributed by atoms with Crippen LogP contribution in [0.3, 0.4) is 0 Å². The molecule has 0 radical (unpaired) electrons. The lowest BCUT2D eigenvalue weighted by atomic mass is 9.86. The lowest BCUT2D eigenvalue weighted by molar-refractivity contribution is -0.145. The number of ether oxygens (including phenoxy) is 2. The highest BCUT2D eigenvalue weighted by Gasteiger charge is 2.38. The number of esters is 1. The van der Waals surface area contributed by atoms with Crippen molar-refractivity contribution < 1.29 is 18.7 Å². The first kappa shape index (κ1) is 25.4. The van der Waals surface area contributed by atoms with Crippen LogP contribution in [0.4, 0.5) is 0 Å². The molecule has 1 aliphatic carbocycles. The average Bonchev–Trinajstić information content (AvgIpc) is 3.65. The van der Waals surface area contributed by atoms with E-state index in [1.807, 2.05) is 48.5 Å². The normalized spacial score (nSPS) is 19.0. The highest BCUT2D eigenvalue weighted by molar-refractivity contribution is 5.76. The summed E-state index contributed by atoms with van der Waals surface area (Å²) in [6, 6.07) is 27.1. The van der Waals surface area contributed by atoms with Crippen LogP contribution in [0.1, 0.15) is 61.7 Å². The van der Waals surface area contributed by atoms with E-state index >= 15 is 0 Å². The van der Waals surface area contributed by atoms with E-state index in [1.165, 1.54) is 11.1 Å². The van der Waals surface area contributed by atoms with Crippen molar-refractivity contribution in [3.63, 3.8) is 0 Å². The first-order valence-corrected chi connectivity index (χ1v) is 14.0. The zero-order valence-corrected chi connectivity index (χ0v) is 22.3. The Hall–Kier alpha value is -3.90. The molecule has 0 spiro atoms. The molecule has 0 saturated carbocycles. The third kappa shape index (κ3) is 5.21. The van der Waals surface area contributed by atoms with E-state index in [1.54, 1.807) is 6.92 Å². The van der Waals surface area contributed by atoms with E-state index in [9.17, 15) is 4.79 Å². The molecule has 0 N–H and O–H groups in total. The Morgan fingerprint density at radius 2 is 1.67 bits per heavy atom. The van der Waals surface area contributed by atoms with E-state index in [-0.39, 0.29) is 24.7 Å². The van der Waals surface area contributed by atoms with Crippen molar-refractivity contribution in [2.45, 2.75) is 51.1 Å². The highest BCUT2D eigenvalue weighted by atomic mass is 16.6. The second-order valence-electron chi connectivity index (χ2n) is 10.2. The van der Waals surface area contributed by atoms with E-state index in [4.69, 9.17) is 18.9 Å². The molecule has 3 aromatic carbocycles. The molecule has 0 bridgehead atoms. The van der Waals surface area contributed by atoms with Crippen molar-refractivity contribution in [3.8, 4) is 28.3 Å². The number of hydrogen-bond acceptors (Lipinski definition) is 6. The average molecular weight is 523 g/mol. The van der Waals surface area contributed by atoms with E-state index in [0.29, 0.717) is 6.61 Å². The number of carbonyl (C=O) groups excluding carboxylic acids is 1. The first-order valence-electron chi connectivity index (χ1n) is 14.0. The van der Waals surface area contributed by atoms with Gasteiger partial charge in [0.15, 0.2) is 12.4 Å². The van der Waals surface area contributed by atoms with Crippen LogP contribution in [0.2, 0.25) is 0 Å². The third-order valence-corrected chi connectivity index (χ3v) is 7.79. The number of oxazole rings is 1. The Kier molecular flexibility index (Phi) is 7.46. The van der Waals surface area contributed by atoms with Crippen molar-refractivity contribution in [1.82, 2.24) is 9.88 Å². The molecule has 1 fully saturated rings. The minimum Gasteiger partial charge on any atom is -0.482 e. The van der Waals surface area contributed by atoms with Crippen LogP contribution < -0.4 is 4.74 Å². The van der Waals surface area contributed by atoms with Gasteiger partial charge in [-0.05, 0) is 62.8 Å². The standard InChI is InChI=1S/C33H34N2O4/c1-2-37-30(36)22-38-29-20-10-16-25-26(29)17-9-18-27(25)35-21-11-19-28(35)33-34-31(23-12-5-3-6-13-23)32(39-33)24-14-7-4-8-15-24/h3-8,10,12-16,20,27-28H,2,9,11,17-19,21-22H2,1H3/t27-,28+/m1/s1.